The Labute approximate surface area is 105 Å². The predicted molar refractivity (Wildman–Crippen MR) is 66.4 cm³/mol. The maximum absolute atomic E-state index is 5.39. The first-order chi connectivity index (χ1) is 7.79. The van der Waals surface area contributed by atoms with E-state index in [-0.39, 0.29) is 0 Å². The van der Waals surface area contributed by atoms with E-state index in [2.05, 4.69) is 31.4 Å². The Balaban J connectivity index is 1.92. The Kier molecular flexibility index (Phi) is 3.92. The van der Waals surface area contributed by atoms with Crippen LogP contribution in [0, 0.1) is 0 Å². The average Bonchev–Trinajstić information content (AvgIpc) is 2.86. The molecule has 0 aliphatic heterocycles. The van der Waals surface area contributed by atoms with Crippen LogP contribution in [-0.2, 0) is 13.0 Å². The monoisotopic (exact) mass is 302 g/mol. The summed E-state index contributed by atoms with van der Waals surface area (Å²) in [5.41, 5.74) is 5.39. The first kappa shape index (κ1) is 11.6. The number of nitrogens with one attached hydrogen (secondary N) is 1. The van der Waals surface area contributed by atoms with E-state index in [1.54, 1.807) is 11.3 Å². The fourth-order valence-corrected chi connectivity index (χ4v) is 2.59. The molecule has 3 N–H and O–H groups in total. The molecule has 0 aliphatic rings. The molecule has 0 aromatic carbocycles. The van der Waals surface area contributed by atoms with Crippen LogP contribution < -0.4 is 11.1 Å². The van der Waals surface area contributed by atoms with Gasteiger partial charge in [-0.3, -0.25) is 0 Å². The van der Waals surface area contributed by atoms with Crippen LogP contribution in [0.4, 0.5) is 6.01 Å². The zero-order chi connectivity index (χ0) is 11.4. The topological polar surface area (TPSA) is 77.0 Å². The van der Waals surface area contributed by atoms with Crippen molar-refractivity contribution in [1.82, 2.24) is 10.2 Å². The number of rotatable bonds is 5. The highest BCUT2D eigenvalue weighted by atomic mass is 79.9. The number of hydrogen-bond acceptors (Lipinski definition) is 6. The van der Waals surface area contributed by atoms with Crippen LogP contribution in [0.15, 0.2) is 20.3 Å². The maximum Gasteiger partial charge on any atom is 0.315 e. The fraction of sp³-hybridized carbons (Fsp3) is 0.333. The smallest absolute Gasteiger partial charge is 0.315 e. The number of aromatic nitrogens is 2. The molecule has 5 nitrogen and oxygen atoms in total. The minimum absolute atomic E-state index is 0.434. The van der Waals surface area contributed by atoms with Crippen molar-refractivity contribution in [2.24, 2.45) is 5.73 Å². The molecule has 0 fully saturated rings. The third-order valence-corrected chi connectivity index (χ3v) is 3.84. The number of halogens is 1. The molecule has 0 radical (unpaired) electrons. The SMILES string of the molecule is NCCc1nnc(NCc2sccc2Br)o1. The number of nitrogens with zero attached hydrogens (tertiary/aromatic N) is 2. The second-order valence-corrected chi connectivity index (χ2v) is 4.94. The Morgan fingerprint density at radius 1 is 1.50 bits per heavy atom. The van der Waals surface area contributed by atoms with Gasteiger partial charge in [0, 0.05) is 22.3 Å². The van der Waals surface area contributed by atoms with Crippen LogP contribution in [0.2, 0.25) is 0 Å². The average molecular weight is 303 g/mol. The van der Waals surface area contributed by atoms with Crippen LogP contribution in [0.5, 0.6) is 0 Å². The summed E-state index contributed by atoms with van der Waals surface area (Å²) < 4.78 is 6.43. The second-order valence-electron chi connectivity index (χ2n) is 3.08. The first-order valence-corrected chi connectivity index (χ1v) is 6.45. The molecule has 7 heteroatoms. The lowest BCUT2D eigenvalue weighted by Gasteiger charge is -1.98. The van der Waals surface area contributed by atoms with Crippen molar-refractivity contribution >= 4 is 33.3 Å². The number of thiophene rings is 1. The minimum atomic E-state index is 0.434. The van der Waals surface area contributed by atoms with Crippen LogP contribution >= 0.6 is 27.3 Å². The van der Waals surface area contributed by atoms with Crippen molar-refractivity contribution in [2.45, 2.75) is 13.0 Å². The summed E-state index contributed by atoms with van der Waals surface area (Å²) in [6.07, 6.45) is 0.609. The molecule has 16 heavy (non-hydrogen) atoms. The lowest BCUT2D eigenvalue weighted by Crippen LogP contribution is -2.02. The second kappa shape index (κ2) is 5.42. The van der Waals surface area contributed by atoms with Gasteiger partial charge in [0.25, 0.3) is 0 Å². The van der Waals surface area contributed by atoms with Gasteiger partial charge in [-0.25, -0.2) is 0 Å². The summed E-state index contributed by atoms with van der Waals surface area (Å²) in [7, 11) is 0. The van der Waals surface area contributed by atoms with Crippen molar-refractivity contribution in [3.8, 4) is 0 Å². The molecule has 2 rings (SSSR count). The van der Waals surface area contributed by atoms with Gasteiger partial charge < -0.3 is 15.5 Å². The highest BCUT2D eigenvalue weighted by Gasteiger charge is 2.06. The van der Waals surface area contributed by atoms with E-state index in [4.69, 9.17) is 10.2 Å². The van der Waals surface area contributed by atoms with Gasteiger partial charge in [-0.15, -0.1) is 16.4 Å². The van der Waals surface area contributed by atoms with Gasteiger partial charge in [-0.05, 0) is 27.4 Å². The number of hydrogen-bond donors (Lipinski definition) is 2. The van der Waals surface area contributed by atoms with Gasteiger partial charge in [-0.2, -0.15) is 0 Å². The molecule has 0 saturated heterocycles. The molecular formula is C9H11BrN4OS. The zero-order valence-electron chi connectivity index (χ0n) is 8.44. The Morgan fingerprint density at radius 2 is 2.38 bits per heavy atom. The van der Waals surface area contributed by atoms with Crippen molar-refractivity contribution < 1.29 is 4.42 Å². The van der Waals surface area contributed by atoms with Crippen LogP contribution in [0.25, 0.3) is 0 Å². The van der Waals surface area contributed by atoms with Gasteiger partial charge in [0.05, 0.1) is 6.54 Å². The van der Waals surface area contributed by atoms with Gasteiger partial charge in [0.15, 0.2) is 0 Å². The zero-order valence-corrected chi connectivity index (χ0v) is 10.8. The molecule has 2 aromatic rings. The van der Waals surface area contributed by atoms with E-state index in [0.29, 0.717) is 31.4 Å². The van der Waals surface area contributed by atoms with Gasteiger partial charge in [0.1, 0.15) is 0 Å². The van der Waals surface area contributed by atoms with Crippen molar-refractivity contribution in [3.63, 3.8) is 0 Å². The highest BCUT2D eigenvalue weighted by Crippen LogP contribution is 2.23. The Bertz CT molecular complexity index is 456. The van der Waals surface area contributed by atoms with Crippen molar-refractivity contribution in [1.29, 1.82) is 0 Å². The predicted octanol–water partition coefficient (Wildman–Crippen LogP) is 2.01. The van der Waals surface area contributed by atoms with E-state index >= 15 is 0 Å². The van der Waals surface area contributed by atoms with Crippen molar-refractivity contribution in [2.75, 3.05) is 11.9 Å². The summed E-state index contributed by atoms with van der Waals surface area (Å²) >= 11 is 5.12. The normalized spacial score (nSPS) is 10.6. The standard InChI is InChI=1S/C9H11BrN4OS/c10-6-2-4-16-7(6)5-12-9-14-13-8(15-9)1-3-11/h2,4H,1,3,5,11H2,(H,12,14). The first-order valence-electron chi connectivity index (χ1n) is 4.78. The van der Waals surface area contributed by atoms with Gasteiger partial charge in [0.2, 0.25) is 5.89 Å². The lowest BCUT2D eigenvalue weighted by atomic mass is 10.4. The maximum atomic E-state index is 5.39. The molecule has 0 amide bonds. The molecule has 0 saturated carbocycles. The molecule has 2 aromatic heterocycles. The molecule has 0 bridgehead atoms. The highest BCUT2D eigenvalue weighted by molar-refractivity contribution is 9.10. The molecule has 86 valence electrons. The third-order valence-electron chi connectivity index (χ3n) is 1.92. The molecule has 0 atom stereocenters. The van der Waals surface area contributed by atoms with E-state index < -0.39 is 0 Å². The summed E-state index contributed by atoms with van der Waals surface area (Å²) in [6, 6.07) is 2.44. The minimum Gasteiger partial charge on any atom is -0.408 e. The summed E-state index contributed by atoms with van der Waals surface area (Å²) in [5.74, 6) is 0.565. The van der Waals surface area contributed by atoms with E-state index in [0.717, 1.165) is 4.47 Å². The van der Waals surface area contributed by atoms with Crippen LogP contribution in [0.1, 0.15) is 10.8 Å². The summed E-state index contributed by atoms with van der Waals surface area (Å²) in [4.78, 5) is 1.19. The largest absolute Gasteiger partial charge is 0.408 e. The summed E-state index contributed by atoms with van der Waals surface area (Å²) in [6.45, 7) is 1.18. The molecule has 0 aliphatic carbocycles. The quantitative estimate of drug-likeness (QED) is 0.883. The molecule has 0 spiro atoms. The fourth-order valence-electron chi connectivity index (χ4n) is 1.16. The van der Waals surface area contributed by atoms with Crippen LogP contribution in [-0.4, -0.2) is 16.7 Å². The van der Waals surface area contributed by atoms with Gasteiger partial charge in [-0.1, -0.05) is 5.10 Å². The third kappa shape index (κ3) is 2.81. The van der Waals surface area contributed by atoms with Crippen LogP contribution in [0.3, 0.4) is 0 Å². The Morgan fingerprint density at radius 3 is 3.06 bits per heavy atom. The molecular weight excluding hydrogens is 292 g/mol. The van der Waals surface area contributed by atoms with E-state index in [9.17, 15) is 0 Å². The van der Waals surface area contributed by atoms with E-state index in [1.807, 2.05) is 11.4 Å². The van der Waals surface area contributed by atoms with Gasteiger partial charge >= 0.3 is 6.01 Å². The molecule has 2 heterocycles. The van der Waals surface area contributed by atoms with E-state index in [1.165, 1.54) is 4.88 Å². The van der Waals surface area contributed by atoms with Crippen molar-refractivity contribution in [3.05, 3.63) is 26.7 Å². The number of nitrogens with two attached hydrogens (primary N) is 1. The number of anilines is 1. The lowest BCUT2D eigenvalue weighted by molar-refractivity contribution is 0.506. The molecule has 0 unspecified atom stereocenters. The Hall–Kier alpha value is -0.920. The summed E-state index contributed by atoms with van der Waals surface area (Å²) in [5, 5.41) is 12.8.